The van der Waals surface area contributed by atoms with Crippen LogP contribution in [0.3, 0.4) is 0 Å². The molecular formula is C24H25N3O3. The summed E-state index contributed by atoms with van der Waals surface area (Å²) in [5.74, 6) is -0.576. The molecule has 3 rings (SSSR count). The second-order valence-electron chi connectivity index (χ2n) is 7.20. The van der Waals surface area contributed by atoms with Crippen LogP contribution in [0.1, 0.15) is 46.5 Å². The summed E-state index contributed by atoms with van der Waals surface area (Å²) in [6.07, 6.45) is 2.39. The summed E-state index contributed by atoms with van der Waals surface area (Å²) in [4.78, 5) is 37.6. The van der Waals surface area contributed by atoms with E-state index < -0.39 is 5.56 Å². The van der Waals surface area contributed by atoms with Crippen molar-refractivity contribution >= 4 is 17.5 Å². The highest BCUT2D eigenvalue weighted by molar-refractivity contribution is 6.05. The minimum absolute atomic E-state index is 0.0123. The van der Waals surface area contributed by atoms with Gasteiger partial charge in [0.15, 0.2) is 0 Å². The first-order chi connectivity index (χ1) is 14.4. The molecule has 2 aromatic carbocycles. The molecule has 1 heterocycles. The van der Waals surface area contributed by atoms with Gasteiger partial charge in [0.1, 0.15) is 5.56 Å². The van der Waals surface area contributed by atoms with E-state index in [-0.39, 0.29) is 23.4 Å². The number of benzene rings is 2. The predicted octanol–water partition coefficient (Wildman–Crippen LogP) is 3.93. The highest BCUT2D eigenvalue weighted by Crippen LogP contribution is 2.15. The summed E-state index contributed by atoms with van der Waals surface area (Å²) in [5.41, 5.74) is 2.42. The van der Waals surface area contributed by atoms with Gasteiger partial charge in [0, 0.05) is 29.2 Å². The van der Waals surface area contributed by atoms with E-state index in [0.29, 0.717) is 16.9 Å². The molecule has 30 heavy (non-hydrogen) atoms. The number of nitrogens with one attached hydrogen (secondary N) is 2. The molecule has 0 radical (unpaired) electrons. The van der Waals surface area contributed by atoms with Crippen molar-refractivity contribution in [2.75, 3.05) is 5.32 Å². The molecule has 154 valence electrons. The van der Waals surface area contributed by atoms with Crippen LogP contribution in [0, 0.1) is 6.92 Å². The van der Waals surface area contributed by atoms with E-state index in [1.54, 1.807) is 42.6 Å². The Morgan fingerprint density at radius 3 is 2.27 bits per heavy atom. The van der Waals surface area contributed by atoms with Crippen molar-refractivity contribution in [2.24, 2.45) is 0 Å². The second-order valence-corrected chi connectivity index (χ2v) is 7.20. The zero-order chi connectivity index (χ0) is 21.7. The zero-order valence-corrected chi connectivity index (χ0v) is 17.3. The molecule has 0 bridgehead atoms. The van der Waals surface area contributed by atoms with Gasteiger partial charge >= 0.3 is 0 Å². The average molecular weight is 403 g/mol. The number of pyridine rings is 1. The van der Waals surface area contributed by atoms with Gasteiger partial charge in [-0.05, 0) is 68.3 Å². The van der Waals surface area contributed by atoms with Gasteiger partial charge < -0.3 is 10.6 Å². The van der Waals surface area contributed by atoms with Crippen molar-refractivity contribution in [2.45, 2.75) is 33.2 Å². The Labute approximate surface area is 175 Å². The number of amides is 2. The fourth-order valence-corrected chi connectivity index (χ4v) is 3.01. The Morgan fingerprint density at radius 1 is 0.933 bits per heavy atom. The molecule has 0 aliphatic rings. The molecule has 2 amide bonds. The monoisotopic (exact) mass is 403 g/mol. The van der Waals surface area contributed by atoms with Gasteiger partial charge in [-0.2, -0.15) is 0 Å². The van der Waals surface area contributed by atoms with E-state index in [2.05, 4.69) is 10.6 Å². The smallest absolute Gasteiger partial charge is 0.267 e. The summed E-state index contributed by atoms with van der Waals surface area (Å²) in [6, 6.07) is 17.4. The molecule has 3 aromatic rings. The first kappa shape index (κ1) is 21.0. The van der Waals surface area contributed by atoms with E-state index in [1.165, 1.54) is 10.6 Å². The lowest BCUT2D eigenvalue weighted by molar-refractivity contribution is 0.0936. The summed E-state index contributed by atoms with van der Waals surface area (Å²) in [7, 11) is 0. The fourth-order valence-electron chi connectivity index (χ4n) is 3.01. The molecule has 1 aromatic heterocycles. The van der Waals surface area contributed by atoms with Crippen molar-refractivity contribution < 1.29 is 9.59 Å². The topological polar surface area (TPSA) is 80.2 Å². The second kappa shape index (κ2) is 9.22. The Morgan fingerprint density at radius 2 is 1.60 bits per heavy atom. The molecule has 0 fully saturated rings. The van der Waals surface area contributed by atoms with Crippen LogP contribution in [-0.2, 0) is 0 Å². The molecule has 1 unspecified atom stereocenters. The van der Waals surface area contributed by atoms with E-state index in [9.17, 15) is 14.4 Å². The maximum absolute atomic E-state index is 12.8. The number of aryl methyl sites for hydroxylation is 1. The van der Waals surface area contributed by atoms with Crippen LogP contribution in [0.4, 0.5) is 5.69 Å². The summed E-state index contributed by atoms with van der Waals surface area (Å²) >= 11 is 0. The van der Waals surface area contributed by atoms with E-state index in [1.807, 2.05) is 39.0 Å². The maximum atomic E-state index is 12.8. The van der Waals surface area contributed by atoms with Crippen LogP contribution in [0.15, 0.2) is 71.7 Å². The number of carbonyl (C=O) groups is 2. The SMILES string of the molecule is CCC(C)NC(=O)c1cccn(-c2ccc(NC(=O)c3ccccc3C)cc2)c1=O. The largest absolute Gasteiger partial charge is 0.349 e. The summed E-state index contributed by atoms with van der Waals surface area (Å²) in [5, 5.41) is 5.68. The lowest BCUT2D eigenvalue weighted by atomic mass is 10.1. The number of anilines is 1. The van der Waals surface area contributed by atoms with E-state index in [4.69, 9.17) is 0 Å². The number of hydrogen-bond acceptors (Lipinski definition) is 3. The average Bonchev–Trinajstić information content (AvgIpc) is 2.74. The van der Waals surface area contributed by atoms with Crippen LogP contribution in [0.5, 0.6) is 0 Å². The van der Waals surface area contributed by atoms with Gasteiger partial charge in [0.05, 0.1) is 0 Å². The first-order valence-electron chi connectivity index (χ1n) is 9.90. The first-order valence-corrected chi connectivity index (χ1v) is 9.90. The van der Waals surface area contributed by atoms with Crippen LogP contribution in [-0.4, -0.2) is 22.4 Å². The minimum atomic E-state index is -0.394. The highest BCUT2D eigenvalue weighted by atomic mass is 16.2. The number of rotatable bonds is 6. The third-order valence-corrected chi connectivity index (χ3v) is 4.97. The van der Waals surface area contributed by atoms with Crippen molar-refractivity contribution in [3.63, 3.8) is 0 Å². The molecule has 0 spiro atoms. The number of nitrogens with zero attached hydrogens (tertiary/aromatic N) is 1. The molecule has 6 nitrogen and oxygen atoms in total. The Balaban J connectivity index is 1.80. The molecule has 2 N–H and O–H groups in total. The third kappa shape index (κ3) is 4.66. The third-order valence-electron chi connectivity index (χ3n) is 4.97. The quantitative estimate of drug-likeness (QED) is 0.654. The standard InChI is InChI=1S/C24H25N3O3/c1-4-17(3)25-23(29)21-10-7-15-27(24(21)30)19-13-11-18(12-14-19)26-22(28)20-9-6-5-8-16(20)2/h5-15,17H,4H2,1-3H3,(H,25,29)(H,26,28). The molecule has 0 aliphatic carbocycles. The van der Waals surface area contributed by atoms with Gasteiger partial charge in [0.2, 0.25) is 0 Å². The lowest BCUT2D eigenvalue weighted by Crippen LogP contribution is -2.36. The van der Waals surface area contributed by atoms with Crippen molar-refractivity contribution in [3.8, 4) is 5.69 Å². The lowest BCUT2D eigenvalue weighted by Gasteiger charge is -2.13. The molecule has 0 aliphatic heterocycles. The van der Waals surface area contributed by atoms with E-state index in [0.717, 1.165) is 12.0 Å². The van der Waals surface area contributed by atoms with Crippen LogP contribution >= 0.6 is 0 Å². The molecule has 0 saturated carbocycles. The zero-order valence-electron chi connectivity index (χ0n) is 17.3. The predicted molar refractivity (Wildman–Crippen MR) is 118 cm³/mol. The molecular weight excluding hydrogens is 378 g/mol. The highest BCUT2D eigenvalue weighted by Gasteiger charge is 2.15. The van der Waals surface area contributed by atoms with Crippen LogP contribution in [0.25, 0.3) is 5.69 Å². The normalized spacial score (nSPS) is 11.6. The Bertz CT molecular complexity index is 1120. The fraction of sp³-hybridized carbons (Fsp3) is 0.208. The molecule has 1 atom stereocenters. The summed E-state index contributed by atoms with van der Waals surface area (Å²) < 4.78 is 1.42. The molecule has 6 heteroatoms. The van der Waals surface area contributed by atoms with Crippen molar-refractivity contribution in [1.82, 2.24) is 9.88 Å². The van der Waals surface area contributed by atoms with Crippen molar-refractivity contribution in [3.05, 3.63) is 93.9 Å². The summed E-state index contributed by atoms with van der Waals surface area (Å²) in [6.45, 7) is 5.74. The van der Waals surface area contributed by atoms with Gasteiger partial charge in [-0.25, -0.2) is 0 Å². The maximum Gasteiger partial charge on any atom is 0.267 e. The molecule has 0 saturated heterocycles. The van der Waals surface area contributed by atoms with Gasteiger partial charge in [0.25, 0.3) is 17.4 Å². The number of aromatic nitrogens is 1. The van der Waals surface area contributed by atoms with Crippen molar-refractivity contribution in [1.29, 1.82) is 0 Å². The Kier molecular flexibility index (Phi) is 6.47. The number of carbonyl (C=O) groups excluding carboxylic acids is 2. The van der Waals surface area contributed by atoms with Gasteiger partial charge in [-0.15, -0.1) is 0 Å². The van der Waals surface area contributed by atoms with Gasteiger partial charge in [-0.3, -0.25) is 19.0 Å². The van der Waals surface area contributed by atoms with E-state index >= 15 is 0 Å². The Hall–Kier alpha value is -3.67. The minimum Gasteiger partial charge on any atom is -0.349 e. The number of hydrogen-bond donors (Lipinski definition) is 2. The van der Waals surface area contributed by atoms with Gasteiger partial charge in [-0.1, -0.05) is 25.1 Å². The van der Waals surface area contributed by atoms with Crippen LogP contribution in [0.2, 0.25) is 0 Å². The van der Waals surface area contributed by atoms with Crippen LogP contribution < -0.4 is 16.2 Å².